The van der Waals surface area contributed by atoms with Gasteiger partial charge in [-0.25, -0.2) is 0 Å². The molecule has 6 heteroatoms. The Morgan fingerprint density at radius 3 is 2.38 bits per heavy atom. The Hall–Kier alpha value is -1.59. The quantitative estimate of drug-likeness (QED) is 0.716. The Balaban J connectivity index is 2.78. The van der Waals surface area contributed by atoms with Crippen LogP contribution in [0.4, 0.5) is 0 Å². The fourth-order valence-electron chi connectivity index (χ4n) is 1.92. The van der Waals surface area contributed by atoms with Crippen molar-refractivity contribution >= 4 is 17.8 Å². The van der Waals surface area contributed by atoms with E-state index in [1.165, 1.54) is 4.90 Å². The number of carbonyl (C=O) groups excluding carboxylic acids is 1. The first-order chi connectivity index (χ1) is 7.24. The molecule has 0 spiro atoms. The van der Waals surface area contributed by atoms with Gasteiger partial charge < -0.3 is 15.1 Å². The minimum absolute atomic E-state index is 0.0433. The van der Waals surface area contributed by atoms with Crippen LogP contribution in [-0.2, 0) is 14.4 Å². The monoisotopic (exact) mass is 229 g/mol. The molecule has 1 saturated heterocycles. The summed E-state index contributed by atoms with van der Waals surface area (Å²) < 4.78 is 0. The number of likely N-dealkylation sites (tertiary alicyclic amines) is 1. The third-order valence-corrected chi connectivity index (χ3v) is 2.79. The molecule has 0 bridgehead atoms. The van der Waals surface area contributed by atoms with Gasteiger partial charge in [0.05, 0.1) is 12.3 Å². The lowest BCUT2D eigenvalue weighted by molar-refractivity contribution is -0.142. The fraction of sp³-hybridized carbons (Fsp3) is 0.700. The predicted molar refractivity (Wildman–Crippen MR) is 53.8 cm³/mol. The predicted octanol–water partition coefficient (Wildman–Crippen LogP) is 0.173. The fourth-order valence-corrected chi connectivity index (χ4v) is 1.92. The molecule has 1 atom stereocenters. The molecule has 1 aliphatic rings. The number of aliphatic carboxylic acids is 2. The molecule has 90 valence electrons. The topological polar surface area (TPSA) is 94.9 Å². The average molecular weight is 229 g/mol. The van der Waals surface area contributed by atoms with Crippen molar-refractivity contribution in [3.8, 4) is 0 Å². The van der Waals surface area contributed by atoms with Gasteiger partial charge >= 0.3 is 11.9 Å². The molecule has 1 fully saturated rings. The Labute approximate surface area is 92.9 Å². The highest BCUT2D eigenvalue weighted by atomic mass is 16.4. The van der Waals surface area contributed by atoms with Gasteiger partial charge in [0.15, 0.2) is 0 Å². The zero-order valence-electron chi connectivity index (χ0n) is 9.27. The lowest BCUT2D eigenvalue weighted by atomic mass is 9.98. The molecule has 0 aromatic carbocycles. The summed E-state index contributed by atoms with van der Waals surface area (Å²) in [7, 11) is 0. The first-order valence-electron chi connectivity index (χ1n) is 4.99. The van der Waals surface area contributed by atoms with Gasteiger partial charge in [-0.1, -0.05) is 0 Å². The van der Waals surface area contributed by atoms with Crippen LogP contribution in [0, 0.1) is 5.92 Å². The molecule has 6 nitrogen and oxygen atoms in total. The first kappa shape index (κ1) is 12.5. The molecule has 0 saturated carbocycles. The molecule has 16 heavy (non-hydrogen) atoms. The summed E-state index contributed by atoms with van der Waals surface area (Å²) >= 11 is 0. The van der Waals surface area contributed by atoms with Gasteiger partial charge in [0.25, 0.3) is 0 Å². The highest BCUT2D eigenvalue weighted by Gasteiger charge is 2.42. The summed E-state index contributed by atoms with van der Waals surface area (Å²) in [6.07, 6.45) is -0.233. The second-order valence-corrected chi connectivity index (χ2v) is 4.63. The number of carboxylic acids is 2. The van der Waals surface area contributed by atoms with Crippen molar-refractivity contribution in [3.05, 3.63) is 0 Å². The van der Waals surface area contributed by atoms with Gasteiger partial charge in [-0.15, -0.1) is 0 Å². The SMILES string of the molecule is CC(C)(CC(=O)O)N1CC(C(=O)O)CC1=O. The number of amides is 1. The molecule has 0 aliphatic carbocycles. The van der Waals surface area contributed by atoms with Crippen molar-refractivity contribution in [2.24, 2.45) is 5.92 Å². The smallest absolute Gasteiger partial charge is 0.308 e. The average Bonchev–Trinajstić information content (AvgIpc) is 2.45. The Morgan fingerprint density at radius 2 is 2.00 bits per heavy atom. The van der Waals surface area contributed by atoms with Crippen LogP contribution < -0.4 is 0 Å². The van der Waals surface area contributed by atoms with Gasteiger partial charge in [-0.05, 0) is 13.8 Å². The Morgan fingerprint density at radius 1 is 1.44 bits per heavy atom. The molecule has 1 amide bonds. The Kier molecular flexibility index (Phi) is 3.21. The molecule has 0 radical (unpaired) electrons. The largest absolute Gasteiger partial charge is 0.481 e. The number of carbonyl (C=O) groups is 3. The van der Waals surface area contributed by atoms with Crippen LogP contribution in [0.25, 0.3) is 0 Å². The summed E-state index contributed by atoms with van der Waals surface area (Å²) in [6.45, 7) is 3.35. The molecule has 1 unspecified atom stereocenters. The van der Waals surface area contributed by atoms with E-state index in [9.17, 15) is 14.4 Å². The van der Waals surface area contributed by atoms with Crippen molar-refractivity contribution in [3.63, 3.8) is 0 Å². The van der Waals surface area contributed by atoms with Crippen LogP contribution in [0.5, 0.6) is 0 Å². The van der Waals surface area contributed by atoms with Crippen molar-refractivity contribution < 1.29 is 24.6 Å². The third-order valence-electron chi connectivity index (χ3n) is 2.79. The van der Waals surface area contributed by atoms with Gasteiger partial charge in [-0.2, -0.15) is 0 Å². The van der Waals surface area contributed by atoms with E-state index in [1.54, 1.807) is 13.8 Å². The molecule has 1 aliphatic heterocycles. The molecule has 1 heterocycles. The van der Waals surface area contributed by atoms with Crippen LogP contribution in [0.2, 0.25) is 0 Å². The first-order valence-corrected chi connectivity index (χ1v) is 4.99. The van der Waals surface area contributed by atoms with Gasteiger partial charge in [0.1, 0.15) is 0 Å². The minimum atomic E-state index is -1.01. The van der Waals surface area contributed by atoms with Crippen LogP contribution in [0.1, 0.15) is 26.7 Å². The minimum Gasteiger partial charge on any atom is -0.481 e. The van der Waals surface area contributed by atoms with E-state index < -0.39 is 23.4 Å². The number of hydrogen-bond acceptors (Lipinski definition) is 3. The summed E-state index contributed by atoms with van der Waals surface area (Å²) in [5, 5.41) is 17.5. The molecular formula is C10H15NO5. The lowest BCUT2D eigenvalue weighted by Gasteiger charge is -2.34. The van der Waals surface area contributed by atoms with E-state index in [4.69, 9.17) is 10.2 Å². The molecule has 0 aromatic rings. The van der Waals surface area contributed by atoms with Gasteiger partial charge in [-0.3, -0.25) is 14.4 Å². The van der Waals surface area contributed by atoms with Gasteiger partial charge in [0.2, 0.25) is 5.91 Å². The van der Waals surface area contributed by atoms with Crippen molar-refractivity contribution in [1.29, 1.82) is 0 Å². The summed E-state index contributed by atoms with van der Waals surface area (Å²) in [5.41, 5.74) is -0.840. The van der Waals surface area contributed by atoms with E-state index in [1.807, 2.05) is 0 Å². The normalized spacial score (nSPS) is 21.2. The third kappa shape index (κ3) is 2.50. The van der Waals surface area contributed by atoms with Gasteiger partial charge in [0, 0.05) is 18.5 Å². The molecule has 1 rings (SSSR count). The van der Waals surface area contributed by atoms with Crippen LogP contribution in [0.3, 0.4) is 0 Å². The zero-order valence-corrected chi connectivity index (χ0v) is 9.27. The summed E-state index contributed by atoms with van der Waals surface area (Å²) in [5.74, 6) is -3.03. The number of nitrogens with zero attached hydrogens (tertiary/aromatic N) is 1. The summed E-state index contributed by atoms with van der Waals surface area (Å²) in [6, 6.07) is 0. The second kappa shape index (κ2) is 4.11. The van der Waals surface area contributed by atoms with E-state index in [2.05, 4.69) is 0 Å². The standard InChI is InChI=1S/C10H15NO5/c1-10(2,4-8(13)14)11-5-6(9(15)16)3-7(11)12/h6H,3-5H2,1-2H3,(H,13,14)(H,15,16). The maximum absolute atomic E-state index is 11.6. The molecule has 0 aromatic heterocycles. The van der Waals surface area contributed by atoms with Crippen molar-refractivity contribution in [2.45, 2.75) is 32.2 Å². The maximum atomic E-state index is 11.6. The number of carboxylic acid groups (broad SMARTS) is 2. The lowest BCUT2D eigenvalue weighted by Crippen LogP contribution is -2.46. The maximum Gasteiger partial charge on any atom is 0.308 e. The van der Waals surface area contributed by atoms with Crippen LogP contribution in [0.15, 0.2) is 0 Å². The summed E-state index contributed by atoms with van der Waals surface area (Å²) in [4.78, 5) is 34.3. The highest BCUT2D eigenvalue weighted by Crippen LogP contribution is 2.28. The van der Waals surface area contributed by atoms with E-state index in [0.29, 0.717) is 0 Å². The zero-order chi connectivity index (χ0) is 12.5. The van der Waals surface area contributed by atoms with E-state index >= 15 is 0 Å². The molecule has 2 N–H and O–H groups in total. The molecular weight excluding hydrogens is 214 g/mol. The van der Waals surface area contributed by atoms with E-state index in [-0.39, 0.29) is 25.3 Å². The van der Waals surface area contributed by atoms with Crippen molar-refractivity contribution in [1.82, 2.24) is 4.90 Å². The Bertz CT molecular complexity index is 336. The van der Waals surface area contributed by atoms with Crippen LogP contribution in [-0.4, -0.2) is 45.0 Å². The van der Waals surface area contributed by atoms with Crippen LogP contribution >= 0.6 is 0 Å². The van der Waals surface area contributed by atoms with Crippen molar-refractivity contribution in [2.75, 3.05) is 6.54 Å². The van der Waals surface area contributed by atoms with E-state index in [0.717, 1.165) is 0 Å². The number of rotatable bonds is 4. The number of hydrogen-bond donors (Lipinski definition) is 2. The second-order valence-electron chi connectivity index (χ2n) is 4.63. The highest BCUT2D eigenvalue weighted by molar-refractivity contribution is 5.87.